The Kier molecular flexibility index (Phi) is 5.28. The highest BCUT2D eigenvalue weighted by Crippen LogP contribution is 2.25. The van der Waals surface area contributed by atoms with Crippen molar-refractivity contribution in [3.8, 4) is 22.6 Å². The number of rotatable bonds is 6. The highest BCUT2D eigenvalue weighted by Gasteiger charge is 2.15. The standard InChI is InChI=1S/C22H17FN6O2S/c1-2-13-3-5-14(6-4-13)17-11-18-21(30)25-26-22(29(18)27-17)32-12-19-24-20(28-31-19)15-7-9-16(23)10-8-15/h3-11H,2,12H2,1H3,(H,25,30). The van der Waals surface area contributed by atoms with E-state index in [1.807, 2.05) is 24.3 Å². The number of hydrogen-bond acceptors (Lipinski definition) is 7. The van der Waals surface area contributed by atoms with E-state index < -0.39 is 0 Å². The third kappa shape index (κ3) is 3.92. The van der Waals surface area contributed by atoms with Crippen molar-refractivity contribution < 1.29 is 8.91 Å². The Labute approximate surface area is 185 Å². The lowest BCUT2D eigenvalue weighted by Gasteiger charge is -2.01. The van der Waals surface area contributed by atoms with Crippen molar-refractivity contribution in [2.45, 2.75) is 24.3 Å². The average Bonchev–Trinajstić information content (AvgIpc) is 3.48. The maximum Gasteiger partial charge on any atom is 0.290 e. The monoisotopic (exact) mass is 448 g/mol. The summed E-state index contributed by atoms with van der Waals surface area (Å²) in [6.45, 7) is 2.10. The van der Waals surface area contributed by atoms with E-state index in [0.29, 0.717) is 39.4 Å². The van der Waals surface area contributed by atoms with Gasteiger partial charge in [0.1, 0.15) is 11.3 Å². The number of fused-ring (bicyclic) bond motifs is 1. The molecule has 0 spiro atoms. The number of benzene rings is 2. The minimum absolute atomic E-state index is 0.322. The first-order valence-electron chi connectivity index (χ1n) is 9.90. The molecule has 5 aromatic rings. The van der Waals surface area contributed by atoms with Gasteiger partial charge in [-0.1, -0.05) is 48.1 Å². The van der Waals surface area contributed by atoms with E-state index in [-0.39, 0.29) is 11.4 Å². The number of nitrogens with one attached hydrogen (secondary N) is 1. The van der Waals surface area contributed by atoms with Crippen LogP contribution in [-0.2, 0) is 12.2 Å². The number of aromatic amines is 1. The van der Waals surface area contributed by atoms with Crippen molar-refractivity contribution in [1.29, 1.82) is 0 Å². The van der Waals surface area contributed by atoms with Gasteiger partial charge in [-0.15, -0.1) is 5.10 Å². The molecule has 0 unspecified atom stereocenters. The number of aryl methyl sites for hydroxylation is 1. The fourth-order valence-corrected chi connectivity index (χ4v) is 3.94. The van der Waals surface area contributed by atoms with Gasteiger partial charge in [0, 0.05) is 11.1 Å². The topological polar surface area (TPSA) is 102 Å². The van der Waals surface area contributed by atoms with Gasteiger partial charge in [0.15, 0.2) is 0 Å². The van der Waals surface area contributed by atoms with E-state index in [0.717, 1.165) is 12.0 Å². The molecule has 5 rings (SSSR count). The molecular weight excluding hydrogens is 431 g/mol. The Hall–Kier alpha value is -3.79. The summed E-state index contributed by atoms with van der Waals surface area (Å²) in [5.41, 5.74) is 3.56. The molecule has 0 fully saturated rings. The van der Waals surface area contributed by atoms with Crippen LogP contribution in [0.3, 0.4) is 0 Å². The zero-order valence-electron chi connectivity index (χ0n) is 16.9. The smallest absolute Gasteiger partial charge is 0.290 e. The third-order valence-electron chi connectivity index (χ3n) is 4.93. The normalized spacial score (nSPS) is 11.3. The molecule has 0 aliphatic carbocycles. The van der Waals surface area contributed by atoms with E-state index in [1.54, 1.807) is 18.2 Å². The van der Waals surface area contributed by atoms with Crippen molar-refractivity contribution in [2.24, 2.45) is 0 Å². The number of hydrogen-bond donors (Lipinski definition) is 1. The second-order valence-corrected chi connectivity index (χ2v) is 7.96. The summed E-state index contributed by atoms with van der Waals surface area (Å²) >= 11 is 1.30. The molecule has 10 heteroatoms. The Morgan fingerprint density at radius 1 is 1.09 bits per heavy atom. The van der Waals surface area contributed by atoms with E-state index in [1.165, 1.54) is 34.0 Å². The lowest BCUT2D eigenvalue weighted by molar-refractivity contribution is 0.391. The maximum atomic E-state index is 13.1. The van der Waals surface area contributed by atoms with Gasteiger partial charge in [0.05, 0.1) is 11.4 Å². The fourth-order valence-electron chi connectivity index (χ4n) is 3.19. The highest BCUT2D eigenvalue weighted by atomic mass is 32.2. The number of thioether (sulfide) groups is 1. The average molecular weight is 448 g/mol. The van der Waals surface area contributed by atoms with Crippen molar-refractivity contribution in [3.63, 3.8) is 0 Å². The van der Waals surface area contributed by atoms with E-state index in [2.05, 4.69) is 32.4 Å². The summed E-state index contributed by atoms with van der Waals surface area (Å²) in [4.78, 5) is 16.6. The summed E-state index contributed by atoms with van der Waals surface area (Å²) in [5.74, 6) is 0.735. The molecular formula is C22H17FN6O2S. The largest absolute Gasteiger partial charge is 0.338 e. The minimum atomic E-state index is -0.332. The predicted molar refractivity (Wildman–Crippen MR) is 118 cm³/mol. The van der Waals surface area contributed by atoms with Crippen LogP contribution >= 0.6 is 11.8 Å². The zero-order valence-corrected chi connectivity index (χ0v) is 17.8. The van der Waals surface area contributed by atoms with Gasteiger partial charge in [-0.3, -0.25) is 4.79 Å². The van der Waals surface area contributed by atoms with Crippen molar-refractivity contribution >= 4 is 17.3 Å². The van der Waals surface area contributed by atoms with Gasteiger partial charge in [0.2, 0.25) is 16.9 Å². The molecule has 32 heavy (non-hydrogen) atoms. The molecule has 2 aromatic carbocycles. The predicted octanol–water partition coefficient (Wildman–Crippen LogP) is 4.13. The summed E-state index contributed by atoms with van der Waals surface area (Å²) < 4.78 is 19.9. The fraction of sp³-hybridized carbons (Fsp3) is 0.136. The molecule has 0 radical (unpaired) electrons. The first-order chi connectivity index (χ1) is 15.6. The Bertz CT molecular complexity index is 1440. The summed E-state index contributed by atoms with van der Waals surface area (Å²) in [6.07, 6.45) is 0.953. The molecule has 160 valence electrons. The first-order valence-corrected chi connectivity index (χ1v) is 10.9. The number of halogens is 1. The molecule has 0 aliphatic heterocycles. The van der Waals surface area contributed by atoms with Gasteiger partial charge in [0.25, 0.3) is 5.56 Å². The third-order valence-corrected chi connectivity index (χ3v) is 5.84. The lowest BCUT2D eigenvalue weighted by atomic mass is 10.1. The molecule has 0 amide bonds. The van der Waals surface area contributed by atoms with Crippen LogP contribution in [0.1, 0.15) is 18.4 Å². The van der Waals surface area contributed by atoms with Crippen LogP contribution in [0, 0.1) is 5.82 Å². The van der Waals surface area contributed by atoms with Gasteiger partial charge < -0.3 is 4.52 Å². The van der Waals surface area contributed by atoms with E-state index in [4.69, 9.17) is 4.52 Å². The van der Waals surface area contributed by atoms with Gasteiger partial charge in [-0.05, 0) is 42.3 Å². The summed E-state index contributed by atoms with van der Waals surface area (Å²) in [5, 5.41) is 15.6. The first kappa shape index (κ1) is 20.1. The van der Waals surface area contributed by atoms with Gasteiger partial charge in [-0.2, -0.15) is 10.1 Å². The summed E-state index contributed by atoms with van der Waals surface area (Å²) in [6, 6.07) is 15.7. The Morgan fingerprint density at radius 2 is 1.84 bits per heavy atom. The van der Waals surface area contributed by atoms with Crippen LogP contribution in [-0.4, -0.2) is 30.0 Å². The Morgan fingerprint density at radius 3 is 2.59 bits per heavy atom. The van der Waals surface area contributed by atoms with Crippen LogP contribution < -0.4 is 5.56 Å². The molecule has 0 bridgehead atoms. The highest BCUT2D eigenvalue weighted by molar-refractivity contribution is 7.98. The number of H-pyrrole nitrogens is 1. The van der Waals surface area contributed by atoms with Crippen LogP contribution in [0.2, 0.25) is 0 Å². The number of nitrogens with zero attached hydrogens (tertiary/aromatic N) is 5. The molecule has 0 atom stereocenters. The molecule has 0 saturated heterocycles. The van der Waals surface area contributed by atoms with Crippen molar-refractivity contribution in [1.82, 2.24) is 30.0 Å². The minimum Gasteiger partial charge on any atom is -0.338 e. The van der Waals surface area contributed by atoms with E-state index in [9.17, 15) is 9.18 Å². The zero-order chi connectivity index (χ0) is 22.1. The van der Waals surface area contributed by atoms with Gasteiger partial charge in [-0.25, -0.2) is 14.0 Å². The van der Waals surface area contributed by atoms with Crippen LogP contribution in [0.4, 0.5) is 4.39 Å². The van der Waals surface area contributed by atoms with Crippen molar-refractivity contribution in [3.05, 3.63) is 82.2 Å². The molecule has 1 N–H and O–H groups in total. The van der Waals surface area contributed by atoms with Crippen LogP contribution in [0.5, 0.6) is 0 Å². The lowest BCUT2D eigenvalue weighted by Crippen LogP contribution is -2.13. The molecule has 8 nitrogen and oxygen atoms in total. The second kappa shape index (κ2) is 8.39. The van der Waals surface area contributed by atoms with Crippen LogP contribution in [0.25, 0.3) is 28.2 Å². The quantitative estimate of drug-likeness (QED) is 0.390. The van der Waals surface area contributed by atoms with Crippen LogP contribution in [0.15, 0.2) is 69.1 Å². The molecule has 3 aromatic heterocycles. The summed E-state index contributed by atoms with van der Waals surface area (Å²) in [7, 11) is 0. The second-order valence-electron chi connectivity index (χ2n) is 7.02. The Balaban J connectivity index is 1.40. The van der Waals surface area contributed by atoms with E-state index >= 15 is 0 Å². The maximum absolute atomic E-state index is 13.1. The molecule has 0 saturated carbocycles. The van der Waals surface area contributed by atoms with Crippen molar-refractivity contribution in [2.75, 3.05) is 0 Å². The SMILES string of the molecule is CCc1ccc(-c2cc3c(=O)[nH]nc(SCc4nc(-c5ccc(F)cc5)no4)n3n2)cc1. The number of aromatic nitrogens is 6. The molecule has 0 aliphatic rings. The van der Waals surface area contributed by atoms with Gasteiger partial charge >= 0.3 is 0 Å². The molecule has 3 heterocycles.